The van der Waals surface area contributed by atoms with Crippen molar-refractivity contribution in [2.75, 3.05) is 13.2 Å². The van der Waals surface area contributed by atoms with Gasteiger partial charge in [-0.15, -0.1) is 0 Å². The summed E-state index contributed by atoms with van der Waals surface area (Å²) in [4.78, 5) is 0. The van der Waals surface area contributed by atoms with E-state index < -0.39 is 7.60 Å². The van der Waals surface area contributed by atoms with E-state index in [1.165, 1.54) is 19.3 Å². The van der Waals surface area contributed by atoms with Gasteiger partial charge in [0.25, 0.3) is 0 Å². The van der Waals surface area contributed by atoms with Crippen molar-refractivity contribution in [3.05, 3.63) is 12.2 Å². The monoisotopic (exact) mass is 274 g/mol. The molecular formula is C14H27O3P. The first-order chi connectivity index (χ1) is 8.55. The van der Waals surface area contributed by atoms with Crippen LogP contribution in [0, 0.1) is 5.92 Å². The van der Waals surface area contributed by atoms with Gasteiger partial charge in [-0.25, -0.2) is 0 Å². The maximum absolute atomic E-state index is 12.9. The molecule has 1 unspecified atom stereocenters. The molecule has 106 valence electrons. The highest BCUT2D eigenvalue weighted by atomic mass is 31.2. The molecule has 1 rings (SSSR count). The SMILES string of the molecule is C=C(C)C(C1CCCCC1)P(=O)(OCC)OCC. The molecule has 0 amide bonds. The summed E-state index contributed by atoms with van der Waals surface area (Å²) in [7, 11) is -3.05. The molecule has 0 radical (unpaired) electrons. The minimum Gasteiger partial charge on any atom is -0.308 e. The Bertz CT molecular complexity index is 298. The molecule has 0 N–H and O–H groups in total. The Balaban J connectivity index is 2.92. The first kappa shape index (κ1) is 15.9. The molecule has 0 aromatic heterocycles. The molecular weight excluding hydrogens is 247 g/mol. The molecule has 0 aliphatic heterocycles. The van der Waals surface area contributed by atoms with Crippen LogP contribution in [0.3, 0.4) is 0 Å². The zero-order valence-corrected chi connectivity index (χ0v) is 12.9. The third-order valence-corrected chi connectivity index (χ3v) is 6.34. The van der Waals surface area contributed by atoms with Gasteiger partial charge in [-0.1, -0.05) is 31.4 Å². The maximum atomic E-state index is 12.9. The molecule has 0 aromatic carbocycles. The van der Waals surface area contributed by atoms with Crippen molar-refractivity contribution in [2.24, 2.45) is 5.92 Å². The van der Waals surface area contributed by atoms with Crippen LogP contribution in [0.1, 0.15) is 52.9 Å². The lowest BCUT2D eigenvalue weighted by Crippen LogP contribution is -2.26. The molecule has 0 spiro atoms. The van der Waals surface area contributed by atoms with Crippen molar-refractivity contribution in [3.63, 3.8) is 0 Å². The molecule has 0 bridgehead atoms. The van der Waals surface area contributed by atoms with Gasteiger partial charge in [-0.05, 0) is 39.5 Å². The van der Waals surface area contributed by atoms with Crippen molar-refractivity contribution in [1.29, 1.82) is 0 Å². The fourth-order valence-electron chi connectivity index (χ4n) is 2.94. The highest BCUT2D eigenvalue weighted by molar-refractivity contribution is 7.55. The average molecular weight is 274 g/mol. The number of hydrogen-bond acceptors (Lipinski definition) is 3. The highest BCUT2D eigenvalue weighted by Crippen LogP contribution is 2.59. The van der Waals surface area contributed by atoms with E-state index in [9.17, 15) is 4.57 Å². The lowest BCUT2D eigenvalue weighted by Gasteiger charge is -2.35. The van der Waals surface area contributed by atoms with E-state index >= 15 is 0 Å². The van der Waals surface area contributed by atoms with Crippen LogP contribution < -0.4 is 0 Å². The Morgan fingerprint density at radius 3 is 2.11 bits per heavy atom. The second-order valence-electron chi connectivity index (χ2n) is 5.06. The number of allylic oxidation sites excluding steroid dienone is 1. The van der Waals surface area contributed by atoms with Gasteiger partial charge in [-0.3, -0.25) is 4.57 Å². The van der Waals surface area contributed by atoms with Crippen LogP contribution in [0.2, 0.25) is 0 Å². The molecule has 0 aromatic rings. The summed E-state index contributed by atoms with van der Waals surface area (Å²) < 4.78 is 24.0. The van der Waals surface area contributed by atoms with Crippen molar-refractivity contribution >= 4 is 7.60 Å². The van der Waals surface area contributed by atoms with E-state index in [1.807, 2.05) is 20.8 Å². The van der Waals surface area contributed by atoms with Crippen LogP contribution in [0.15, 0.2) is 12.2 Å². The van der Waals surface area contributed by atoms with Gasteiger partial charge in [0.05, 0.1) is 18.9 Å². The third kappa shape index (κ3) is 3.94. The summed E-state index contributed by atoms with van der Waals surface area (Å²) in [5.41, 5.74) is 0.810. The van der Waals surface area contributed by atoms with Crippen LogP contribution in [0.25, 0.3) is 0 Å². The van der Waals surface area contributed by atoms with E-state index in [4.69, 9.17) is 9.05 Å². The minimum atomic E-state index is -3.05. The Morgan fingerprint density at radius 2 is 1.72 bits per heavy atom. The largest absolute Gasteiger partial charge is 0.337 e. The zero-order chi connectivity index (χ0) is 13.6. The van der Waals surface area contributed by atoms with Crippen LogP contribution in [-0.4, -0.2) is 18.9 Å². The Kier molecular flexibility index (Phi) is 6.62. The molecule has 1 atom stereocenters. The summed E-state index contributed by atoms with van der Waals surface area (Å²) >= 11 is 0. The molecule has 0 saturated heterocycles. The molecule has 1 aliphatic carbocycles. The predicted octanol–water partition coefficient (Wildman–Crippen LogP) is 4.78. The van der Waals surface area contributed by atoms with E-state index in [1.54, 1.807) is 0 Å². The lowest BCUT2D eigenvalue weighted by molar-refractivity contribution is 0.201. The standard InChI is InChI=1S/C14H27O3P/c1-5-16-18(15,17-6-2)14(12(3)4)13-10-8-7-9-11-13/h13-14H,3,5-11H2,1-2,4H3. The van der Waals surface area contributed by atoms with Crippen molar-refractivity contribution < 1.29 is 13.6 Å². The second kappa shape index (κ2) is 7.47. The van der Waals surface area contributed by atoms with Crippen molar-refractivity contribution in [3.8, 4) is 0 Å². The predicted molar refractivity (Wildman–Crippen MR) is 76.0 cm³/mol. The van der Waals surface area contributed by atoms with Gasteiger partial charge >= 0.3 is 7.60 Å². The van der Waals surface area contributed by atoms with Gasteiger partial charge in [-0.2, -0.15) is 0 Å². The average Bonchev–Trinajstić information content (AvgIpc) is 2.30. The maximum Gasteiger partial charge on any atom is 0.337 e. The third-order valence-electron chi connectivity index (χ3n) is 3.56. The topological polar surface area (TPSA) is 35.5 Å². The molecule has 4 heteroatoms. The van der Waals surface area contributed by atoms with Crippen molar-refractivity contribution in [2.45, 2.75) is 58.5 Å². The van der Waals surface area contributed by atoms with Crippen LogP contribution in [0.4, 0.5) is 0 Å². The normalized spacial score (nSPS) is 19.7. The van der Waals surface area contributed by atoms with Crippen LogP contribution in [-0.2, 0) is 13.6 Å². The Morgan fingerprint density at radius 1 is 1.22 bits per heavy atom. The summed E-state index contributed by atoms with van der Waals surface area (Å²) in [5.74, 6) is 0.403. The Labute approximate surface area is 111 Å². The quantitative estimate of drug-likeness (QED) is 0.495. The summed E-state index contributed by atoms with van der Waals surface area (Å²) in [6.07, 6.45) is 5.94. The molecule has 1 aliphatic rings. The fourth-order valence-corrected chi connectivity index (χ4v) is 5.41. The minimum absolute atomic E-state index is 0.127. The number of hydrogen-bond donors (Lipinski definition) is 0. The van der Waals surface area contributed by atoms with Crippen LogP contribution in [0.5, 0.6) is 0 Å². The molecule has 18 heavy (non-hydrogen) atoms. The van der Waals surface area contributed by atoms with Gasteiger partial charge in [0.15, 0.2) is 0 Å². The summed E-state index contributed by atoms with van der Waals surface area (Å²) in [6, 6.07) is 0. The van der Waals surface area contributed by atoms with Gasteiger partial charge in [0.1, 0.15) is 0 Å². The van der Waals surface area contributed by atoms with E-state index in [2.05, 4.69) is 6.58 Å². The Hall–Kier alpha value is -0.110. The van der Waals surface area contributed by atoms with Gasteiger partial charge < -0.3 is 9.05 Å². The second-order valence-corrected chi connectivity index (χ2v) is 7.22. The lowest BCUT2D eigenvalue weighted by atomic mass is 9.85. The molecule has 0 heterocycles. The van der Waals surface area contributed by atoms with Crippen LogP contribution >= 0.6 is 7.60 Å². The fraction of sp³-hybridized carbons (Fsp3) is 0.857. The zero-order valence-electron chi connectivity index (χ0n) is 12.0. The highest BCUT2D eigenvalue weighted by Gasteiger charge is 2.41. The van der Waals surface area contributed by atoms with Gasteiger partial charge in [0, 0.05) is 0 Å². The number of rotatable bonds is 7. The molecule has 1 saturated carbocycles. The van der Waals surface area contributed by atoms with E-state index in [-0.39, 0.29) is 5.66 Å². The summed E-state index contributed by atoms with van der Waals surface area (Å²) in [5, 5.41) is 0. The van der Waals surface area contributed by atoms with Gasteiger partial charge in [0.2, 0.25) is 0 Å². The van der Waals surface area contributed by atoms with E-state index in [0.717, 1.165) is 18.4 Å². The smallest absolute Gasteiger partial charge is 0.308 e. The molecule has 3 nitrogen and oxygen atoms in total. The first-order valence-electron chi connectivity index (χ1n) is 7.09. The molecule has 1 fully saturated rings. The summed E-state index contributed by atoms with van der Waals surface area (Å²) in [6.45, 7) is 10.6. The van der Waals surface area contributed by atoms with E-state index in [0.29, 0.717) is 19.1 Å². The van der Waals surface area contributed by atoms with Crippen molar-refractivity contribution in [1.82, 2.24) is 0 Å². The first-order valence-corrected chi connectivity index (χ1v) is 8.70.